The highest BCUT2D eigenvalue weighted by Crippen LogP contribution is 2.20. The summed E-state index contributed by atoms with van der Waals surface area (Å²) in [6.07, 6.45) is 1.44. The molecule has 13 heteroatoms. The predicted molar refractivity (Wildman–Crippen MR) is 160 cm³/mol. The van der Waals surface area contributed by atoms with Crippen molar-refractivity contribution in [3.05, 3.63) is 42.5 Å². The van der Waals surface area contributed by atoms with Crippen molar-refractivity contribution in [3.63, 3.8) is 0 Å². The number of carbonyl (C=O) groups excluding carboxylic acids is 3. The first-order valence-corrected chi connectivity index (χ1v) is 15.7. The van der Waals surface area contributed by atoms with E-state index < -0.39 is 46.3 Å². The Labute approximate surface area is 247 Å². The molecular formula is C29H42N6O6S. The van der Waals surface area contributed by atoms with Crippen molar-refractivity contribution in [3.8, 4) is 0 Å². The molecule has 0 bridgehead atoms. The number of hydrogen-bond donors (Lipinski definition) is 5. The summed E-state index contributed by atoms with van der Waals surface area (Å²) in [7, 11) is -4.23. The summed E-state index contributed by atoms with van der Waals surface area (Å²) in [6, 6.07) is 9.36. The molecule has 0 spiro atoms. The highest BCUT2D eigenvalue weighted by molar-refractivity contribution is 7.89. The van der Waals surface area contributed by atoms with Gasteiger partial charge in [-0.2, -0.15) is 4.72 Å². The summed E-state index contributed by atoms with van der Waals surface area (Å²) in [4.78, 5) is 40.7. The Kier molecular flexibility index (Phi) is 11.7. The maximum absolute atomic E-state index is 13.5. The molecule has 0 aliphatic carbocycles. The monoisotopic (exact) mass is 602 g/mol. The lowest BCUT2D eigenvalue weighted by atomic mass is 9.98. The van der Waals surface area contributed by atoms with Gasteiger partial charge in [0.1, 0.15) is 12.1 Å². The molecule has 42 heavy (non-hydrogen) atoms. The number of guanidine groups is 1. The molecule has 230 valence electrons. The van der Waals surface area contributed by atoms with Crippen LogP contribution in [0.2, 0.25) is 0 Å². The number of nitrogens with two attached hydrogens (primary N) is 1. The number of likely N-dealkylation sites (tertiary alicyclic amines) is 1. The molecule has 2 aromatic carbocycles. The lowest BCUT2D eigenvalue weighted by Gasteiger charge is -2.33. The molecule has 0 saturated carbocycles. The van der Waals surface area contributed by atoms with Crippen molar-refractivity contribution in [1.29, 1.82) is 5.41 Å². The van der Waals surface area contributed by atoms with Gasteiger partial charge in [-0.05, 0) is 60.9 Å². The summed E-state index contributed by atoms with van der Waals surface area (Å²) in [5, 5.41) is 14.6. The van der Waals surface area contributed by atoms with Gasteiger partial charge in [-0.3, -0.25) is 15.0 Å². The first-order valence-electron chi connectivity index (χ1n) is 14.2. The zero-order valence-corrected chi connectivity index (χ0v) is 25.2. The average Bonchev–Trinajstić information content (AvgIpc) is 2.95. The minimum atomic E-state index is -4.23. The van der Waals surface area contributed by atoms with Gasteiger partial charge in [0.15, 0.2) is 5.96 Å². The van der Waals surface area contributed by atoms with E-state index in [1.807, 2.05) is 26.0 Å². The van der Waals surface area contributed by atoms with Crippen LogP contribution in [0, 0.1) is 17.2 Å². The standard InChI is InChI=1S/C29H42N6O6S/c1-4-41-28(38)25(14-19(2)3)33-27(37)24(16-26(36)32-17-20-8-7-13-35(18-20)29(30)31)34-42(39,40)23-12-11-21-9-5-6-10-22(21)15-23/h5-6,9-12,15,19-20,24-25,34H,4,7-8,13-14,16-18H2,1-3H3,(H3,30,31)(H,32,36)(H,33,37)/t20-,24-,25-/m0/s1. The molecule has 3 atom stereocenters. The molecular weight excluding hydrogens is 560 g/mol. The van der Waals surface area contributed by atoms with E-state index in [0.29, 0.717) is 18.5 Å². The van der Waals surface area contributed by atoms with Crippen LogP contribution in [0.5, 0.6) is 0 Å². The lowest BCUT2D eigenvalue weighted by molar-refractivity contribution is -0.148. The van der Waals surface area contributed by atoms with E-state index >= 15 is 0 Å². The number of esters is 1. The topological polar surface area (TPSA) is 184 Å². The molecule has 2 aromatic rings. The Morgan fingerprint density at radius 3 is 2.50 bits per heavy atom. The molecule has 1 heterocycles. The number of benzene rings is 2. The van der Waals surface area contributed by atoms with Gasteiger partial charge < -0.3 is 26.0 Å². The Bertz CT molecular complexity index is 1380. The highest BCUT2D eigenvalue weighted by Gasteiger charge is 2.32. The van der Waals surface area contributed by atoms with Crippen LogP contribution in [0.1, 0.15) is 46.5 Å². The van der Waals surface area contributed by atoms with Crippen LogP contribution in [0.3, 0.4) is 0 Å². The number of carbonyl (C=O) groups is 3. The molecule has 0 aromatic heterocycles. The predicted octanol–water partition coefficient (Wildman–Crippen LogP) is 1.69. The Hall–Kier alpha value is -3.71. The largest absolute Gasteiger partial charge is 0.464 e. The maximum atomic E-state index is 13.5. The number of nitrogens with one attached hydrogen (secondary N) is 4. The molecule has 3 rings (SSSR count). The minimum absolute atomic E-state index is 0.0246. The zero-order chi connectivity index (χ0) is 30.9. The summed E-state index contributed by atoms with van der Waals surface area (Å²) in [5.74, 6) is -1.93. The average molecular weight is 603 g/mol. The van der Waals surface area contributed by atoms with E-state index in [4.69, 9.17) is 15.9 Å². The summed E-state index contributed by atoms with van der Waals surface area (Å²) in [6.45, 7) is 7.01. The molecule has 12 nitrogen and oxygen atoms in total. The number of fused-ring (bicyclic) bond motifs is 1. The molecule has 0 unspecified atom stereocenters. The van der Waals surface area contributed by atoms with Crippen LogP contribution in [0.25, 0.3) is 10.8 Å². The number of amides is 2. The molecule has 1 aliphatic rings. The first-order chi connectivity index (χ1) is 19.9. The van der Waals surface area contributed by atoms with Crippen molar-refractivity contribution < 1.29 is 27.5 Å². The summed E-state index contributed by atoms with van der Waals surface area (Å²) < 4.78 is 34.3. The third-order valence-corrected chi connectivity index (χ3v) is 8.55. The summed E-state index contributed by atoms with van der Waals surface area (Å²) >= 11 is 0. The van der Waals surface area contributed by atoms with Crippen molar-refractivity contribution in [1.82, 2.24) is 20.3 Å². The second kappa shape index (κ2) is 15.0. The fourth-order valence-corrected chi connectivity index (χ4v) is 6.17. The Balaban J connectivity index is 1.79. The smallest absolute Gasteiger partial charge is 0.328 e. The Morgan fingerprint density at radius 1 is 1.12 bits per heavy atom. The van der Waals surface area contributed by atoms with Crippen molar-refractivity contribution in [2.24, 2.45) is 17.6 Å². The van der Waals surface area contributed by atoms with Gasteiger partial charge in [-0.1, -0.05) is 44.2 Å². The van der Waals surface area contributed by atoms with Gasteiger partial charge in [0.05, 0.1) is 17.9 Å². The SMILES string of the molecule is CCOC(=O)[C@H](CC(C)C)NC(=O)[C@H](CC(=O)NC[C@@H]1CCCN(C(=N)N)C1)NS(=O)(=O)c1ccc2ccccc2c1. The zero-order valence-electron chi connectivity index (χ0n) is 24.4. The second-order valence-corrected chi connectivity index (χ2v) is 12.7. The van der Waals surface area contributed by atoms with Crippen molar-refractivity contribution >= 4 is 44.5 Å². The van der Waals surface area contributed by atoms with E-state index in [2.05, 4.69) is 15.4 Å². The molecule has 1 saturated heterocycles. The van der Waals surface area contributed by atoms with Crippen LogP contribution in [-0.2, 0) is 29.1 Å². The fraction of sp³-hybridized carbons (Fsp3) is 0.517. The van der Waals surface area contributed by atoms with E-state index in [0.717, 1.165) is 18.2 Å². The van der Waals surface area contributed by atoms with E-state index in [-0.39, 0.29) is 42.3 Å². The van der Waals surface area contributed by atoms with Gasteiger partial charge in [0, 0.05) is 19.6 Å². The van der Waals surface area contributed by atoms with Crippen LogP contribution >= 0.6 is 0 Å². The third-order valence-electron chi connectivity index (χ3n) is 7.08. The molecule has 1 fully saturated rings. The molecule has 2 amide bonds. The van der Waals surface area contributed by atoms with Crippen LogP contribution in [0.15, 0.2) is 47.4 Å². The fourth-order valence-electron chi connectivity index (χ4n) is 4.94. The minimum Gasteiger partial charge on any atom is -0.464 e. The number of piperidine rings is 1. The number of sulfonamides is 1. The molecule has 0 radical (unpaired) electrons. The van der Waals surface area contributed by atoms with Gasteiger partial charge in [0.25, 0.3) is 0 Å². The number of ether oxygens (including phenoxy) is 1. The van der Waals surface area contributed by atoms with E-state index in [1.54, 1.807) is 30.0 Å². The van der Waals surface area contributed by atoms with Gasteiger partial charge in [-0.25, -0.2) is 13.2 Å². The molecule has 6 N–H and O–H groups in total. The number of hydrogen-bond acceptors (Lipinski definition) is 7. The van der Waals surface area contributed by atoms with Gasteiger partial charge in [0.2, 0.25) is 21.8 Å². The van der Waals surface area contributed by atoms with Crippen molar-refractivity contribution in [2.45, 2.75) is 63.4 Å². The van der Waals surface area contributed by atoms with Crippen LogP contribution < -0.4 is 21.1 Å². The normalized spacial score (nSPS) is 17.0. The van der Waals surface area contributed by atoms with Crippen LogP contribution in [0.4, 0.5) is 0 Å². The summed E-state index contributed by atoms with van der Waals surface area (Å²) in [5.41, 5.74) is 5.61. The maximum Gasteiger partial charge on any atom is 0.328 e. The lowest BCUT2D eigenvalue weighted by Crippen LogP contribution is -2.53. The quantitative estimate of drug-likeness (QED) is 0.130. The second-order valence-electron chi connectivity index (χ2n) is 11.0. The highest BCUT2D eigenvalue weighted by atomic mass is 32.2. The molecule has 1 aliphatic heterocycles. The number of nitrogens with zero attached hydrogens (tertiary/aromatic N) is 1. The van der Waals surface area contributed by atoms with Gasteiger partial charge >= 0.3 is 5.97 Å². The van der Waals surface area contributed by atoms with E-state index in [1.165, 1.54) is 12.1 Å². The van der Waals surface area contributed by atoms with Gasteiger partial charge in [-0.15, -0.1) is 0 Å². The number of rotatable bonds is 13. The Morgan fingerprint density at radius 2 is 1.83 bits per heavy atom. The van der Waals surface area contributed by atoms with Crippen LogP contribution in [-0.4, -0.2) is 75.4 Å². The third kappa shape index (κ3) is 9.41. The van der Waals surface area contributed by atoms with Crippen molar-refractivity contribution in [2.75, 3.05) is 26.2 Å². The van der Waals surface area contributed by atoms with E-state index in [9.17, 15) is 22.8 Å². The first kappa shape index (κ1) is 32.8.